The van der Waals surface area contributed by atoms with Crippen molar-refractivity contribution in [2.24, 2.45) is 0 Å². The average Bonchev–Trinajstić information content (AvgIpc) is 3.15. The van der Waals surface area contributed by atoms with E-state index in [1.54, 1.807) is 6.20 Å². The molecule has 1 aliphatic rings. The molecule has 1 fully saturated rings. The Morgan fingerprint density at radius 2 is 2.23 bits per heavy atom. The lowest BCUT2D eigenvalue weighted by Gasteiger charge is -2.24. The highest BCUT2D eigenvalue weighted by Gasteiger charge is 2.32. The maximum absolute atomic E-state index is 13.8. The highest BCUT2D eigenvalue weighted by atomic mass is 19.1. The highest BCUT2D eigenvalue weighted by molar-refractivity contribution is 5.40. The minimum atomic E-state index is -0.816. The lowest BCUT2D eigenvalue weighted by atomic mass is 10.2. The number of hydrogen-bond acceptors (Lipinski definition) is 5. The molecule has 2 aromatic heterocycles. The zero-order valence-electron chi connectivity index (χ0n) is 12.7. The Kier molecular flexibility index (Phi) is 4.68. The maximum atomic E-state index is 13.8. The molecule has 0 radical (unpaired) electrons. The van der Waals surface area contributed by atoms with Gasteiger partial charge in [-0.05, 0) is 24.3 Å². The molecule has 2 atom stereocenters. The number of aryl methyl sites for hydroxylation is 1. The van der Waals surface area contributed by atoms with Crippen LogP contribution in [0.3, 0.4) is 0 Å². The molecule has 22 heavy (non-hydrogen) atoms. The summed E-state index contributed by atoms with van der Waals surface area (Å²) in [6.45, 7) is 3.79. The van der Waals surface area contributed by atoms with Gasteiger partial charge in [0.15, 0.2) is 5.82 Å². The number of anilines is 1. The van der Waals surface area contributed by atoms with Gasteiger partial charge in [0.05, 0.1) is 13.1 Å². The summed E-state index contributed by atoms with van der Waals surface area (Å²) < 4.78 is 19.4. The van der Waals surface area contributed by atoms with E-state index in [-0.39, 0.29) is 6.04 Å². The van der Waals surface area contributed by atoms with Crippen molar-refractivity contribution in [1.82, 2.24) is 15.5 Å². The maximum Gasteiger partial charge on any atom is 0.151 e. The molecule has 1 aliphatic heterocycles. The summed E-state index contributed by atoms with van der Waals surface area (Å²) in [5.41, 5.74) is 0. The van der Waals surface area contributed by atoms with Gasteiger partial charge < -0.3 is 14.6 Å². The van der Waals surface area contributed by atoms with E-state index in [0.29, 0.717) is 26.1 Å². The molecule has 1 N–H and O–H groups in total. The fourth-order valence-corrected chi connectivity index (χ4v) is 2.85. The molecular formula is C16H21FN4O. The first kappa shape index (κ1) is 15.0. The van der Waals surface area contributed by atoms with Crippen LogP contribution in [0.25, 0.3) is 0 Å². The van der Waals surface area contributed by atoms with Gasteiger partial charge in [0.1, 0.15) is 17.7 Å². The Morgan fingerprint density at radius 1 is 1.36 bits per heavy atom. The van der Waals surface area contributed by atoms with Crippen molar-refractivity contribution in [3.8, 4) is 0 Å². The molecule has 3 heterocycles. The molecule has 0 bridgehead atoms. The van der Waals surface area contributed by atoms with E-state index >= 15 is 0 Å². The minimum Gasteiger partial charge on any atom is -0.465 e. The molecule has 2 aromatic rings. The molecule has 0 saturated carbocycles. The number of hydrogen-bond donors (Lipinski definition) is 1. The van der Waals surface area contributed by atoms with E-state index in [4.69, 9.17) is 4.42 Å². The van der Waals surface area contributed by atoms with Crippen molar-refractivity contribution in [1.29, 1.82) is 0 Å². The van der Waals surface area contributed by atoms with E-state index in [1.165, 1.54) is 0 Å². The zero-order chi connectivity index (χ0) is 15.4. The van der Waals surface area contributed by atoms with Crippen LogP contribution in [-0.2, 0) is 13.0 Å². The van der Waals surface area contributed by atoms with Crippen molar-refractivity contribution in [2.45, 2.75) is 38.5 Å². The van der Waals surface area contributed by atoms with E-state index in [2.05, 4.69) is 22.4 Å². The normalized spacial score (nSPS) is 21.5. The molecule has 0 spiro atoms. The first-order valence-electron chi connectivity index (χ1n) is 7.73. The van der Waals surface area contributed by atoms with Gasteiger partial charge in [-0.3, -0.25) is 0 Å². The summed E-state index contributed by atoms with van der Waals surface area (Å²) in [4.78, 5) is 1.99. The predicted octanol–water partition coefficient (Wildman–Crippen LogP) is 2.34. The number of nitrogens with one attached hydrogen (secondary N) is 1. The van der Waals surface area contributed by atoms with Crippen LogP contribution in [0.5, 0.6) is 0 Å². The molecule has 118 valence electrons. The number of aromatic nitrogens is 2. The van der Waals surface area contributed by atoms with Crippen LogP contribution >= 0.6 is 0 Å². The van der Waals surface area contributed by atoms with Crippen molar-refractivity contribution >= 4 is 5.82 Å². The Labute approximate surface area is 129 Å². The molecule has 1 saturated heterocycles. The third-order valence-corrected chi connectivity index (χ3v) is 3.96. The van der Waals surface area contributed by atoms with Gasteiger partial charge in [-0.1, -0.05) is 6.92 Å². The third kappa shape index (κ3) is 3.44. The van der Waals surface area contributed by atoms with Crippen LogP contribution in [0, 0.1) is 0 Å². The van der Waals surface area contributed by atoms with E-state index < -0.39 is 6.17 Å². The lowest BCUT2D eigenvalue weighted by molar-refractivity contribution is 0.353. The van der Waals surface area contributed by atoms with Gasteiger partial charge in [-0.15, -0.1) is 5.10 Å². The summed E-state index contributed by atoms with van der Waals surface area (Å²) in [6, 6.07) is 7.77. The van der Waals surface area contributed by atoms with E-state index in [0.717, 1.165) is 23.8 Å². The number of furan rings is 1. The number of rotatable bonds is 6. The topological polar surface area (TPSA) is 54.2 Å². The molecule has 5 nitrogen and oxygen atoms in total. The van der Waals surface area contributed by atoms with Crippen LogP contribution in [0.2, 0.25) is 0 Å². The molecule has 0 amide bonds. The first-order valence-corrected chi connectivity index (χ1v) is 7.73. The van der Waals surface area contributed by atoms with Gasteiger partial charge in [-0.25, -0.2) is 4.39 Å². The Morgan fingerprint density at radius 3 is 2.95 bits per heavy atom. The standard InChI is InChI=1S/C16H21FN4O/c1-2-14-5-6-15(22-14)10-18-9-13-8-12(17)11-21(13)16-4-3-7-19-20-16/h3-7,12-13,18H,2,8-11H2,1H3/t12-,13-/m0/s1. The van der Waals surface area contributed by atoms with Crippen LogP contribution in [0.4, 0.5) is 10.2 Å². The van der Waals surface area contributed by atoms with Gasteiger partial charge in [0, 0.05) is 31.6 Å². The SMILES string of the molecule is CCc1ccc(CNC[C@@H]2C[C@H](F)CN2c2cccnn2)o1. The summed E-state index contributed by atoms with van der Waals surface area (Å²) in [5, 5.41) is 11.3. The fourth-order valence-electron chi connectivity index (χ4n) is 2.85. The van der Waals surface area contributed by atoms with E-state index in [1.807, 2.05) is 29.2 Å². The Balaban J connectivity index is 1.56. The molecule has 0 unspecified atom stereocenters. The van der Waals surface area contributed by atoms with E-state index in [9.17, 15) is 4.39 Å². The van der Waals surface area contributed by atoms with Crippen molar-refractivity contribution in [3.63, 3.8) is 0 Å². The second-order valence-electron chi connectivity index (χ2n) is 5.57. The van der Waals surface area contributed by atoms with Crippen molar-refractivity contribution in [2.75, 3.05) is 18.0 Å². The number of nitrogens with zero attached hydrogens (tertiary/aromatic N) is 3. The lowest BCUT2D eigenvalue weighted by Crippen LogP contribution is -2.38. The van der Waals surface area contributed by atoms with Gasteiger partial charge in [0.2, 0.25) is 0 Å². The summed E-state index contributed by atoms with van der Waals surface area (Å²) in [5.74, 6) is 2.64. The molecule has 3 rings (SSSR count). The second-order valence-corrected chi connectivity index (χ2v) is 5.57. The van der Waals surface area contributed by atoms with Crippen LogP contribution in [0.15, 0.2) is 34.9 Å². The summed E-state index contributed by atoms with van der Waals surface area (Å²) in [6.07, 6.45) is 2.22. The molecule has 0 aliphatic carbocycles. The predicted molar refractivity (Wildman–Crippen MR) is 82.5 cm³/mol. The Hall–Kier alpha value is -1.95. The van der Waals surface area contributed by atoms with Crippen LogP contribution in [0.1, 0.15) is 24.9 Å². The summed E-state index contributed by atoms with van der Waals surface area (Å²) in [7, 11) is 0. The number of alkyl halides is 1. The summed E-state index contributed by atoms with van der Waals surface area (Å²) >= 11 is 0. The number of halogens is 1. The smallest absolute Gasteiger partial charge is 0.151 e. The molecule has 0 aromatic carbocycles. The third-order valence-electron chi connectivity index (χ3n) is 3.96. The fraction of sp³-hybridized carbons (Fsp3) is 0.500. The van der Waals surface area contributed by atoms with Crippen molar-refractivity contribution in [3.05, 3.63) is 42.0 Å². The van der Waals surface area contributed by atoms with Crippen LogP contribution in [-0.4, -0.2) is 35.5 Å². The average molecular weight is 304 g/mol. The first-order chi connectivity index (χ1) is 10.8. The van der Waals surface area contributed by atoms with Crippen LogP contribution < -0.4 is 10.2 Å². The molecule has 6 heteroatoms. The highest BCUT2D eigenvalue weighted by Crippen LogP contribution is 2.24. The minimum absolute atomic E-state index is 0.0901. The van der Waals surface area contributed by atoms with Gasteiger partial charge >= 0.3 is 0 Å². The largest absolute Gasteiger partial charge is 0.465 e. The monoisotopic (exact) mass is 304 g/mol. The molecular weight excluding hydrogens is 283 g/mol. The second kappa shape index (κ2) is 6.87. The van der Waals surface area contributed by atoms with Crippen molar-refractivity contribution < 1.29 is 8.81 Å². The van der Waals surface area contributed by atoms with Gasteiger partial charge in [0.25, 0.3) is 0 Å². The zero-order valence-corrected chi connectivity index (χ0v) is 12.7. The van der Waals surface area contributed by atoms with Gasteiger partial charge in [-0.2, -0.15) is 5.10 Å². The Bertz CT molecular complexity index is 589. The quantitative estimate of drug-likeness (QED) is 0.888.